The van der Waals surface area contributed by atoms with Crippen molar-refractivity contribution in [2.75, 3.05) is 12.4 Å². The highest BCUT2D eigenvalue weighted by Gasteiger charge is 2.15. The van der Waals surface area contributed by atoms with Crippen molar-refractivity contribution in [2.24, 2.45) is 0 Å². The van der Waals surface area contributed by atoms with Crippen LogP contribution in [0.4, 0.5) is 14.5 Å². The van der Waals surface area contributed by atoms with Crippen LogP contribution >= 0.6 is 0 Å². The lowest BCUT2D eigenvalue weighted by molar-refractivity contribution is 0.0937. The minimum absolute atomic E-state index is 0.00246. The van der Waals surface area contributed by atoms with E-state index in [1.54, 1.807) is 0 Å². The Morgan fingerprint density at radius 1 is 1.32 bits per heavy atom. The summed E-state index contributed by atoms with van der Waals surface area (Å²) < 4.78 is 27.1. The Hall–Kier alpha value is -1.65. The molecule has 0 bridgehead atoms. The summed E-state index contributed by atoms with van der Waals surface area (Å²) in [5, 5.41) is 5.15. The first-order valence-corrected chi connectivity index (χ1v) is 6.47. The van der Waals surface area contributed by atoms with Crippen LogP contribution < -0.4 is 10.6 Å². The lowest BCUT2D eigenvalue weighted by Gasteiger charge is -2.14. The van der Waals surface area contributed by atoms with E-state index < -0.39 is 17.5 Å². The third kappa shape index (κ3) is 4.19. The van der Waals surface area contributed by atoms with Gasteiger partial charge in [0.15, 0.2) is 0 Å². The standard InChI is InChI=1S/C14H20F2N2O/c1-4-5-6-9(2)18-14(19)10-7-11(15)13(17-3)12(16)8-10/h7-9,17H,4-6H2,1-3H3,(H,18,19). The van der Waals surface area contributed by atoms with Gasteiger partial charge in [-0.05, 0) is 25.5 Å². The highest BCUT2D eigenvalue weighted by Crippen LogP contribution is 2.20. The van der Waals surface area contributed by atoms with E-state index in [0.29, 0.717) is 0 Å². The molecule has 1 amide bonds. The van der Waals surface area contributed by atoms with Gasteiger partial charge in [0.2, 0.25) is 0 Å². The fraction of sp³-hybridized carbons (Fsp3) is 0.500. The van der Waals surface area contributed by atoms with Crippen LogP contribution in [0.2, 0.25) is 0 Å². The minimum Gasteiger partial charge on any atom is -0.383 e. The number of unbranched alkanes of at least 4 members (excludes halogenated alkanes) is 1. The third-order valence-electron chi connectivity index (χ3n) is 2.92. The first-order valence-electron chi connectivity index (χ1n) is 6.47. The summed E-state index contributed by atoms with van der Waals surface area (Å²) in [6.07, 6.45) is 2.89. The maximum Gasteiger partial charge on any atom is 0.251 e. The van der Waals surface area contributed by atoms with Gasteiger partial charge in [0.1, 0.15) is 17.3 Å². The Balaban J connectivity index is 2.78. The zero-order chi connectivity index (χ0) is 14.4. The number of halogens is 2. The van der Waals surface area contributed by atoms with Crippen LogP contribution in [0.5, 0.6) is 0 Å². The molecule has 0 aliphatic rings. The SMILES string of the molecule is CCCCC(C)NC(=O)c1cc(F)c(NC)c(F)c1. The molecule has 1 atom stereocenters. The molecular weight excluding hydrogens is 250 g/mol. The number of anilines is 1. The van der Waals surface area contributed by atoms with Crippen LogP contribution in [0.3, 0.4) is 0 Å². The van der Waals surface area contributed by atoms with Gasteiger partial charge in [0, 0.05) is 18.7 Å². The van der Waals surface area contributed by atoms with Gasteiger partial charge in [-0.25, -0.2) is 8.78 Å². The number of amides is 1. The molecule has 3 nitrogen and oxygen atoms in total. The van der Waals surface area contributed by atoms with Crippen molar-refractivity contribution in [3.63, 3.8) is 0 Å². The Bertz CT molecular complexity index is 426. The van der Waals surface area contributed by atoms with Crippen LogP contribution in [-0.4, -0.2) is 19.0 Å². The molecular formula is C14H20F2N2O. The minimum atomic E-state index is -0.770. The molecule has 0 saturated heterocycles. The second-order valence-corrected chi connectivity index (χ2v) is 4.58. The molecule has 19 heavy (non-hydrogen) atoms. The Labute approximate surface area is 112 Å². The van der Waals surface area contributed by atoms with E-state index >= 15 is 0 Å². The number of hydrogen-bond acceptors (Lipinski definition) is 2. The third-order valence-corrected chi connectivity index (χ3v) is 2.92. The Morgan fingerprint density at radius 2 is 1.89 bits per heavy atom. The number of carbonyl (C=O) groups excluding carboxylic acids is 1. The van der Waals surface area contributed by atoms with E-state index in [9.17, 15) is 13.6 Å². The second-order valence-electron chi connectivity index (χ2n) is 4.58. The van der Waals surface area contributed by atoms with E-state index in [4.69, 9.17) is 0 Å². The van der Waals surface area contributed by atoms with Crippen molar-refractivity contribution >= 4 is 11.6 Å². The lowest BCUT2D eigenvalue weighted by Crippen LogP contribution is -2.32. The summed E-state index contributed by atoms with van der Waals surface area (Å²) in [6, 6.07) is 2.07. The van der Waals surface area contributed by atoms with Crippen molar-refractivity contribution in [2.45, 2.75) is 39.2 Å². The molecule has 0 aliphatic heterocycles. The van der Waals surface area contributed by atoms with Gasteiger partial charge in [-0.2, -0.15) is 0 Å². The van der Waals surface area contributed by atoms with Gasteiger partial charge in [-0.1, -0.05) is 19.8 Å². The molecule has 0 aromatic heterocycles. The molecule has 5 heteroatoms. The predicted octanol–water partition coefficient (Wildman–Crippen LogP) is 3.32. The topological polar surface area (TPSA) is 41.1 Å². The smallest absolute Gasteiger partial charge is 0.251 e. The fourth-order valence-corrected chi connectivity index (χ4v) is 1.83. The molecule has 0 aliphatic carbocycles. The Morgan fingerprint density at radius 3 is 2.37 bits per heavy atom. The number of hydrogen-bond donors (Lipinski definition) is 2. The van der Waals surface area contributed by atoms with Crippen molar-refractivity contribution < 1.29 is 13.6 Å². The number of nitrogens with one attached hydrogen (secondary N) is 2. The highest BCUT2D eigenvalue weighted by atomic mass is 19.1. The van der Waals surface area contributed by atoms with E-state index in [1.165, 1.54) is 7.05 Å². The van der Waals surface area contributed by atoms with Crippen LogP contribution in [0.15, 0.2) is 12.1 Å². The molecule has 0 heterocycles. The monoisotopic (exact) mass is 270 g/mol. The van der Waals surface area contributed by atoms with Crippen LogP contribution in [0.25, 0.3) is 0 Å². The molecule has 1 unspecified atom stereocenters. The molecule has 1 rings (SSSR count). The lowest BCUT2D eigenvalue weighted by atomic mass is 10.1. The summed E-state index contributed by atoms with van der Waals surface area (Å²) in [4.78, 5) is 11.9. The van der Waals surface area contributed by atoms with Gasteiger partial charge >= 0.3 is 0 Å². The summed E-state index contributed by atoms with van der Waals surface area (Å²) in [7, 11) is 1.42. The maximum atomic E-state index is 13.5. The molecule has 0 radical (unpaired) electrons. The van der Waals surface area contributed by atoms with Gasteiger partial charge in [0.05, 0.1) is 0 Å². The number of rotatable bonds is 6. The second kappa shape index (κ2) is 7.07. The fourth-order valence-electron chi connectivity index (χ4n) is 1.83. The van der Waals surface area contributed by atoms with Crippen LogP contribution in [0.1, 0.15) is 43.5 Å². The van der Waals surface area contributed by atoms with Gasteiger partial charge < -0.3 is 10.6 Å². The van der Waals surface area contributed by atoms with Gasteiger partial charge in [-0.15, -0.1) is 0 Å². The molecule has 2 N–H and O–H groups in total. The first kappa shape index (κ1) is 15.4. The summed E-state index contributed by atoms with van der Waals surface area (Å²) >= 11 is 0. The first-order chi connectivity index (χ1) is 8.99. The highest BCUT2D eigenvalue weighted by molar-refractivity contribution is 5.94. The molecule has 1 aromatic carbocycles. The van der Waals surface area contributed by atoms with Crippen LogP contribution in [0, 0.1) is 11.6 Å². The van der Waals surface area contributed by atoms with Crippen molar-refractivity contribution in [1.29, 1.82) is 0 Å². The normalized spacial score (nSPS) is 12.1. The summed E-state index contributed by atoms with van der Waals surface area (Å²) in [5.41, 5.74) is -0.229. The zero-order valence-electron chi connectivity index (χ0n) is 11.5. The van der Waals surface area contributed by atoms with Crippen LogP contribution in [-0.2, 0) is 0 Å². The largest absolute Gasteiger partial charge is 0.383 e. The van der Waals surface area contributed by atoms with E-state index in [-0.39, 0.29) is 17.3 Å². The van der Waals surface area contributed by atoms with Gasteiger partial charge in [-0.3, -0.25) is 4.79 Å². The predicted molar refractivity (Wildman–Crippen MR) is 72.4 cm³/mol. The zero-order valence-corrected chi connectivity index (χ0v) is 11.5. The average Bonchev–Trinajstić information content (AvgIpc) is 2.35. The molecule has 106 valence electrons. The van der Waals surface area contributed by atoms with E-state index in [2.05, 4.69) is 17.6 Å². The number of benzene rings is 1. The Kier molecular flexibility index (Phi) is 5.73. The molecule has 0 saturated carbocycles. The van der Waals surface area contributed by atoms with Crippen molar-refractivity contribution in [3.05, 3.63) is 29.3 Å². The van der Waals surface area contributed by atoms with Crippen molar-refractivity contribution in [3.8, 4) is 0 Å². The maximum absolute atomic E-state index is 13.5. The quantitative estimate of drug-likeness (QED) is 0.832. The molecule has 0 fully saturated rings. The summed E-state index contributed by atoms with van der Waals surface area (Å²) in [6.45, 7) is 3.94. The summed E-state index contributed by atoms with van der Waals surface area (Å²) in [5.74, 6) is -1.99. The van der Waals surface area contributed by atoms with Crippen molar-refractivity contribution in [1.82, 2.24) is 5.32 Å². The van der Waals surface area contributed by atoms with Gasteiger partial charge in [0.25, 0.3) is 5.91 Å². The molecule has 1 aromatic rings. The van der Waals surface area contributed by atoms with E-state index in [1.807, 2.05) is 6.92 Å². The molecule has 0 spiro atoms. The number of carbonyl (C=O) groups is 1. The van der Waals surface area contributed by atoms with E-state index in [0.717, 1.165) is 31.4 Å². The average molecular weight is 270 g/mol.